The molecule has 0 saturated carbocycles. The fraction of sp³-hybridized carbons (Fsp3) is 0.432. The number of phenolic OH excluding ortho intramolecular Hbond substituents is 1. The number of aromatic hydroxyl groups is 1. The number of fused-ring (bicyclic) bond motifs is 4. The first-order chi connectivity index (χ1) is 24.7. The summed E-state index contributed by atoms with van der Waals surface area (Å²) in [6.45, 7) is 6.84. The highest BCUT2D eigenvalue weighted by Gasteiger charge is 2.49. The van der Waals surface area contributed by atoms with Crippen molar-refractivity contribution in [2.45, 2.75) is 70.8 Å². The first-order valence-corrected chi connectivity index (χ1v) is 17.6. The van der Waals surface area contributed by atoms with Crippen LogP contribution in [-0.4, -0.2) is 85.1 Å². The van der Waals surface area contributed by atoms with Gasteiger partial charge in [-0.15, -0.1) is 0 Å². The number of alkyl halides is 1. The average Bonchev–Trinajstić information content (AvgIpc) is 3.74. The van der Waals surface area contributed by atoms with Gasteiger partial charge in [-0.1, -0.05) is 13.0 Å². The fourth-order valence-corrected chi connectivity index (χ4v) is 8.20. The number of halogens is 3. The van der Waals surface area contributed by atoms with E-state index in [-0.39, 0.29) is 41.0 Å². The second kappa shape index (κ2) is 13.0. The smallest absolute Gasteiger partial charge is 0.319 e. The van der Waals surface area contributed by atoms with Gasteiger partial charge in [0.1, 0.15) is 41.4 Å². The van der Waals surface area contributed by atoms with Gasteiger partial charge < -0.3 is 20.1 Å². The molecule has 2 atom stereocenters. The third-order valence-electron chi connectivity index (χ3n) is 10.5. The van der Waals surface area contributed by atoms with E-state index in [1.54, 1.807) is 16.8 Å². The number of nitrogens with zero attached hydrogens (tertiary/aromatic N) is 7. The van der Waals surface area contributed by atoms with Crippen LogP contribution in [0.25, 0.3) is 32.9 Å². The van der Waals surface area contributed by atoms with E-state index < -0.39 is 23.3 Å². The van der Waals surface area contributed by atoms with Gasteiger partial charge in [0, 0.05) is 44.4 Å². The van der Waals surface area contributed by atoms with Gasteiger partial charge in [0.2, 0.25) is 0 Å². The summed E-state index contributed by atoms with van der Waals surface area (Å²) in [5, 5.41) is 19.3. The number of aromatic nitrogens is 5. The standard InChI is InChI=1S/C37H39F3N8O3/c1-3-25-28(39)8-7-21-13-24(49)15-26(30(21)25)32-31(40)33-27(17-42-32)34(44-36(43-33)51-20-37-9-5-11-47(37)18-22(38)16-37)46-10-6-12-48-23(19-46)14-29(45-48)35(50)41-4-2/h7-8,13-15,17,22,49H,3-6,9-12,16,18-20H2,1-2H3,(H,41,50)/t22-,37+/m1/s1. The molecule has 266 valence electrons. The van der Waals surface area contributed by atoms with Crippen molar-refractivity contribution in [1.29, 1.82) is 0 Å². The highest BCUT2D eigenvalue weighted by atomic mass is 19.1. The monoisotopic (exact) mass is 700 g/mol. The molecule has 3 aromatic heterocycles. The van der Waals surface area contributed by atoms with Crippen LogP contribution in [-0.2, 0) is 19.5 Å². The maximum absolute atomic E-state index is 17.0. The van der Waals surface area contributed by atoms with Crippen molar-refractivity contribution in [3.63, 3.8) is 0 Å². The summed E-state index contributed by atoms with van der Waals surface area (Å²) in [5.41, 5.74) is 1.08. The van der Waals surface area contributed by atoms with Crippen LogP contribution in [0.15, 0.2) is 36.5 Å². The van der Waals surface area contributed by atoms with E-state index in [9.17, 15) is 14.3 Å². The Kier molecular flexibility index (Phi) is 8.44. The maximum Gasteiger partial charge on any atom is 0.319 e. The molecule has 0 spiro atoms. The summed E-state index contributed by atoms with van der Waals surface area (Å²) in [6, 6.07) is 7.49. The predicted octanol–water partition coefficient (Wildman–Crippen LogP) is 5.70. The fourth-order valence-electron chi connectivity index (χ4n) is 8.20. The molecule has 0 radical (unpaired) electrons. The van der Waals surface area contributed by atoms with Crippen LogP contribution in [0.3, 0.4) is 0 Å². The topological polar surface area (TPSA) is 122 Å². The molecule has 0 aliphatic carbocycles. The molecule has 2 saturated heterocycles. The van der Waals surface area contributed by atoms with Crippen molar-refractivity contribution in [2.24, 2.45) is 0 Å². The Balaban J connectivity index is 1.26. The Morgan fingerprint density at radius 3 is 2.80 bits per heavy atom. The summed E-state index contributed by atoms with van der Waals surface area (Å²) >= 11 is 0. The third kappa shape index (κ3) is 5.78. The summed E-state index contributed by atoms with van der Waals surface area (Å²) < 4.78 is 54.8. The number of carbonyl (C=O) groups is 1. The molecule has 2 aromatic carbocycles. The minimum absolute atomic E-state index is 0.0534. The number of amides is 1. The third-order valence-corrected chi connectivity index (χ3v) is 10.5. The molecule has 11 nitrogen and oxygen atoms in total. The number of anilines is 1. The largest absolute Gasteiger partial charge is 0.508 e. The summed E-state index contributed by atoms with van der Waals surface area (Å²) in [4.78, 5) is 30.7. The van der Waals surface area contributed by atoms with Gasteiger partial charge >= 0.3 is 6.01 Å². The zero-order chi connectivity index (χ0) is 35.4. The average molecular weight is 701 g/mol. The van der Waals surface area contributed by atoms with E-state index >= 15 is 8.78 Å². The summed E-state index contributed by atoms with van der Waals surface area (Å²) in [7, 11) is 0. The van der Waals surface area contributed by atoms with Gasteiger partial charge in [0.25, 0.3) is 5.91 Å². The second-order valence-electron chi connectivity index (χ2n) is 13.7. The van der Waals surface area contributed by atoms with Crippen LogP contribution in [0.2, 0.25) is 0 Å². The second-order valence-corrected chi connectivity index (χ2v) is 13.7. The number of pyridine rings is 1. The van der Waals surface area contributed by atoms with Crippen LogP contribution in [0.4, 0.5) is 19.0 Å². The Bertz CT molecular complexity index is 2180. The molecule has 0 unspecified atom stereocenters. The molecule has 3 aliphatic heterocycles. The minimum Gasteiger partial charge on any atom is -0.508 e. The predicted molar refractivity (Wildman–Crippen MR) is 186 cm³/mol. The van der Waals surface area contributed by atoms with Crippen molar-refractivity contribution in [3.8, 4) is 23.0 Å². The molecular formula is C37H39F3N8O3. The maximum atomic E-state index is 17.0. The lowest BCUT2D eigenvalue weighted by Gasteiger charge is -2.31. The number of phenols is 1. The van der Waals surface area contributed by atoms with Crippen molar-refractivity contribution in [2.75, 3.05) is 37.7 Å². The number of rotatable bonds is 8. The van der Waals surface area contributed by atoms with E-state index in [1.165, 1.54) is 24.4 Å². The molecule has 5 aromatic rings. The van der Waals surface area contributed by atoms with Gasteiger partial charge in [-0.3, -0.25) is 19.4 Å². The molecule has 1 amide bonds. The number of carbonyl (C=O) groups excluding carboxylic acids is 1. The zero-order valence-electron chi connectivity index (χ0n) is 28.6. The number of hydrogen-bond donors (Lipinski definition) is 2. The summed E-state index contributed by atoms with van der Waals surface area (Å²) in [6.07, 6.45) is 3.61. The van der Waals surface area contributed by atoms with Crippen LogP contribution in [0.5, 0.6) is 11.8 Å². The molecular weight excluding hydrogens is 661 g/mol. The number of ether oxygens (including phenoxy) is 1. The molecule has 8 rings (SSSR count). The van der Waals surface area contributed by atoms with Gasteiger partial charge in [0.05, 0.1) is 23.2 Å². The lowest BCUT2D eigenvalue weighted by molar-refractivity contribution is 0.0950. The van der Waals surface area contributed by atoms with Crippen LogP contribution < -0.4 is 15.0 Å². The van der Waals surface area contributed by atoms with E-state index in [4.69, 9.17) is 9.72 Å². The van der Waals surface area contributed by atoms with E-state index in [0.717, 1.165) is 25.1 Å². The highest BCUT2D eigenvalue weighted by molar-refractivity contribution is 6.01. The highest BCUT2D eigenvalue weighted by Crippen LogP contribution is 2.42. The van der Waals surface area contributed by atoms with E-state index in [1.807, 2.05) is 18.7 Å². The van der Waals surface area contributed by atoms with E-state index in [0.29, 0.717) is 85.2 Å². The summed E-state index contributed by atoms with van der Waals surface area (Å²) in [5.74, 6) is -1.20. The Morgan fingerprint density at radius 2 is 1.98 bits per heavy atom. The number of benzene rings is 2. The van der Waals surface area contributed by atoms with Crippen LogP contribution in [0, 0.1) is 11.6 Å². The molecule has 51 heavy (non-hydrogen) atoms. The van der Waals surface area contributed by atoms with Crippen LogP contribution >= 0.6 is 0 Å². The van der Waals surface area contributed by atoms with Gasteiger partial charge in [-0.25, -0.2) is 13.2 Å². The van der Waals surface area contributed by atoms with Crippen molar-refractivity contribution >= 4 is 33.4 Å². The van der Waals surface area contributed by atoms with Crippen LogP contribution in [0.1, 0.15) is 61.3 Å². The molecule has 0 bridgehead atoms. The van der Waals surface area contributed by atoms with Gasteiger partial charge in [-0.05, 0) is 79.8 Å². The number of hydrogen-bond acceptors (Lipinski definition) is 9. The lowest BCUT2D eigenvalue weighted by Crippen LogP contribution is -2.43. The molecule has 14 heteroatoms. The number of nitrogens with one attached hydrogen (secondary N) is 1. The lowest BCUT2D eigenvalue weighted by atomic mass is 9.94. The minimum atomic E-state index is -0.950. The van der Waals surface area contributed by atoms with Crippen molar-refractivity contribution in [1.82, 2.24) is 34.9 Å². The van der Waals surface area contributed by atoms with Crippen molar-refractivity contribution < 1.29 is 27.8 Å². The molecule has 3 aliphatic rings. The quantitative estimate of drug-likeness (QED) is 0.210. The Hall–Kier alpha value is -4.98. The SMILES string of the molecule is CCNC(=O)c1cc2n(n1)CCCN(c1nc(OC[C@@]34CCCN3C[C@H](F)C4)nc3c(F)c(-c4cc(O)cc5ccc(F)c(CC)c45)ncc13)C2. The molecule has 6 heterocycles. The Labute approximate surface area is 292 Å². The van der Waals surface area contributed by atoms with Crippen molar-refractivity contribution in [3.05, 3.63) is 65.1 Å². The van der Waals surface area contributed by atoms with Gasteiger partial charge in [0.15, 0.2) is 11.5 Å². The first kappa shape index (κ1) is 33.2. The Morgan fingerprint density at radius 1 is 1.12 bits per heavy atom. The van der Waals surface area contributed by atoms with Gasteiger partial charge in [-0.2, -0.15) is 15.1 Å². The molecule has 2 fully saturated rings. The van der Waals surface area contributed by atoms with E-state index in [2.05, 4.69) is 25.3 Å². The normalized spacial score (nSPS) is 20.5. The first-order valence-electron chi connectivity index (χ1n) is 17.6. The zero-order valence-corrected chi connectivity index (χ0v) is 28.6. The number of aryl methyl sites for hydroxylation is 2. The molecule has 2 N–H and O–H groups in total.